The number of likely N-dealkylation sites (tertiary alicyclic amines) is 1. The first-order chi connectivity index (χ1) is 14.6. The second-order valence-electron chi connectivity index (χ2n) is 8.77. The normalized spacial score (nSPS) is 15.0. The topological polar surface area (TPSA) is 70.6 Å². The molecule has 1 aliphatic heterocycles. The number of piperidine rings is 1. The first-order valence-corrected chi connectivity index (χ1v) is 10.3. The fourth-order valence-corrected chi connectivity index (χ4v) is 3.47. The second-order valence-corrected chi connectivity index (χ2v) is 8.77. The summed E-state index contributed by atoms with van der Waals surface area (Å²) in [5, 5.41) is 2.69. The van der Waals surface area contributed by atoms with Crippen molar-refractivity contribution >= 4 is 23.4 Å². The van der Waals surface area contributed by atoms with Gasteiger partial charge in [0.2, 0.25) is 0 Å². The van der Waals surface area contributed by atoms with Crippen molar-refractivity contribution in [3.8, 4) is 0 Å². The standard InChI is InChI=1S/C22H29F2N5O2/c1-22(2,3)31-21(30)29-10-8-15(9-11-29)13-28(4)19-12-18(25-14-26-19)27-20-16(23)6-5-7-17(20)24/h5-7,12,14-15H,8-11,13H2,1-4H3,(H,25,26,27). The van der Waals surface area contributed by atoms with Crippen molar-refractivity contribution in [3.63, 3.8) is 0 Å². The lowest BCUT2D eigenvalue weighted by Gasteiger charge is -2.35. The van der Waals surface area contributed by atoms with E-state index in [9.17, 15) is 13.6 Å². The number of rotatable bonds is 5. The number of anilines is 3. The summed E-state index contributed by atoms with van der Waals surface area (Å²) in [4.78, 5) is 24.3. The third kappa shape index (κ3) is 6.26. The van der Waals surface area contributed by atoms with Crippen LogP contribution in [-0.2, 0) is 4.74 Å². The van der Waals surface area contributed by atoms with Crippen molar-refractivity contribution in [1.82, 2.24) is 14.9 Å². The highest BCUT2D eigenvalue weighted by molar-refractivity contribution is 5.68. The third-order valence-electron chi connectivity index (χ3n) is 5.06. The smallest absolute Gasteiger partial charge is 0.410 e. The van der Waals surface area contributed by atoms with Gasteiger partial charge in [0.15, 0.2) is 0 Å². The molecule has 3 rings (SSSR count). The van der Waals surface area contributed by atoms with Gasteiger partial charge >= 0.3 is 6.09 Å². The Morgan fingerprint density at radius 1 is 1.23 bits per heavy atom. The van der Waals surface area contributed by atoms with Gasteiger partial charge in [-0.15, -0.1) is 0 Å². The van der Waals surface area contributed by atoms with E-state index in [1.165, 1.54) is 24.5 Å². The minimum absolute atomic E-state index is 0.246. The lowest BCUT2D eigenvalue weighted by molar-refractivity contribution is 0.0186. The van der Waals surface area contributed by atoms with Crippen LogP contribution in [0, 0.1) is 17.6 Å². The van der Waals surface area contributed by atoms with Gasteiger partial charge in [-0.2, -0.15) is 0 Å². The lowest BCUT2D eigenvalue weighted by Crippen LogP contribution is -2.43. The van der Waals surface area contributed by atoms with E-state index in [4.69, 9.17) is 4.74 Å². The molecule has 7 nitrogen and oxygen atoms in total. The lowest BCUT2D eigenvalue weighted by atomic mass is 9.96. The Bertz CT molecular complexity index is 891. The van der Waals surface area contributed by atoms with E-state index in [1.54, 1.807) is 11.0 Å². The summed E-state index contributed by atoms with van der Waals surface area (Å²) < 4.78 is 33.2. The van der Waals surface area contributed by atoms with E-state index < -0.39 is 17.2 Å². The molecule has 31 heavy (non-hydrogen) atoms. The summed E-state index contributed by atoms with van der Waals surface area (Å²) in [6.07, 6.45) is 2.81. The Labute approximate surface area is 181 Å². The van der Waals surface area contributed by atoms with Gasteiger partial charge in [0.1, 0.15) is 40.9 Å². The van der Waals surface area contributed by atoms with Crippen LogP contribution >= 0.6 is 0 Å². The summed E-state index contributed by atoms with van der Waals surface area (Å²) in [5.41, 5.74) is -0.748. The number of halogens is 2. The molecule has 1 saturated heterocycles. The van der Waals surface area contributed by atoms with E-state index in [0.717, 1.165) is 19.4 Å². The molecule has 0 aliphatic carbocycles. The van der Waals surface area contributed by atoms with Gasteiger partial charge < -0.3 is 19.9 Å². The number of hydrogen-bond acceptors (Lipinski definition) is 6. The van der Waals surface area contributed by atoms with Gasteiger partial charge in [-0.1, -0.05) is 6.07 Å². The molecule has 0 spiro atoms. The molecule has 0 bridgehead atoms. The first-order valence-electron chi connectivity index (χ1n) is 10.3. The summed E-state index contributed by atoms with van der Waals surface area (Å²) in [6, 6.07) is 5.33. The number of ether oxygens (including phenoxy) is 1. The Hall–Kier alpha value is -2.97. The molecular formula is C22H29F2N5O2. The fraction of sp³-hybridized carbons (Fsp3) is 0.500. The number of carbonyl (C=O) groups is 1. The molecule has 1 aromatic carbocycles. The number of para-hydroxylation sites is 1. The Kier molecular flexibility index (Phi) is 6.92. The van der Waals surface area contributed by atoms with Gasteiger partial charge in [0.25, 0.3) is 0 Å². The van der Waals surface area contributed by atoms with Crippen molar-refractivity contribution in [2.75, 3.05) is 36.9 Å². The van der Waals surface area contributed by atoms with E-state index >= 15 is 0 Å². The van der Waals surface area contributed by atoms with Crippen molar-refractivity contribution in [2.24, 2.45) is 5.92 Å². The largest absolute Gasteiger partial charge is 0.444 e. The Balaban J connectivity index is 1.56. The van der Waals surface area contributed by atoms with Gasteiger partial charge in [0.05, 0.1) is 0 Å². The Morgan fingerprint density at radius 2 is 1.87 bits per heavy atom. The zero-order chi connectivity index (χ0) is 22.6. The fourth-order valence-electron chi connectivity index (χ4n) is 3.47. The van der Waals surface area contributed by atoms with Crippen LogP contribution in [0.25, 0.3) is 0 Å². The van der Waals surface area contributed by atoms with Crippen LogP contribution in [0.4, 0.5) is 30.9 Å². The predicted octanol–water partition coefficient (Wildman–Crippen LogP) is 4.58. The molecule has 1 amide bonds. The highest BCUT2D eigenvalue weighted by Gasteiger charge is 2.27. The minimum atomic E-state index is -0.690. The number of nitrogens with one attached hydrogen (secondary N) is 1. The number of carbonyl (C=O) groups excluding carboxylic acids is 1. The predicted molar refractivity (Wildman–Crippen MR) is 115 cm³/mol. The summed E-state index contributed by atoms with van der Waals surface area (Å²) in [5.74, 6) is -0.0426. The molecule has 0 atom stereocenters. The summed E-state index contributed by atoms with van der Waals surface area (Å²) in [7, 11) is 1.91. The molecule has 1 fully saturated rings. The van der Waals surface area contributed by atoms with Gasteiger partial charge in [0, 0.05) is 32.7 Å². The van der Waals surface area contributed by atoms with Crippen LogP contribution in [0.1, 0.15) is 33.6 Å². The quantitative estimate of drug-likeness (QED) is 0.744. The average molecular weight is 434 g/mol. The van der Waals surface area contributed by atoms with Gasteiger partial charge in [-0.05, 0) is 51.7 Å². The molecule has 2 heterocycles. The van der Waals surface area contributed by atoms with Crippen molar-refractivity contribution in [3.05, 3.63) is 42.2 Å². The van der Waals surface area contributed by atoms with Gasteiger partial charge in [-0.25, -0.2) is 23.5 Å². The minimum Gasteiger partial charge on any atom is -0.444 e. The average Bonchev–Trinajstić information content (AvgIpc) is 2.70. The van der Waals surface area contributed by atoms with E-state index in [0.29, 0.717) is 30.6 Å². The first kappa shape index (κ1) is 22.7. The van der Waals surface area contributed by atoms with Gasteiger partial charge in [-0.3, -0.25) is 0 Å². The molecule has 1 N–H and O–H groups in total. The van der Waals surface area contributed by atoms with E-state index in [2.05, 4.69) is 15.3 Å². The maximum Gasteiger partial charge on any atom is 0.410 e. The highest BCUT2D eigenvalue weighted by Crippen LogP contribution is 2.25. The second kappa shape index (κ2) is 9.45. The Morgan fingerprint density at radius 3 is 2.48 bits per heavy atom. The SMILES string of the molecule is CN(CC1CCN(C(=O)OC(C)(C)C)CC1)c1cc(Nc2c(F)cccc2F)ncn1. The summed E-state index contributed by atoms with van der Waals surface area (Å²) >= 11 is 0. The zero-order valence-corrected chi connectivity index (χ0v) is 18.4. The van der Waals surface area contributed by atoms with Crippen LogP contribution in [0.3, 0.4) is 0 Å². The molecule has 1 aliphatic rings. The molecule has 2 aromatic rings. The van der Waals surface area contributed by atoms with Crippen molar-refractivity contribution in [2.45, 2.75) is 39.2 Å². The summed E-state index contributed by atoms with van der Waals surface area (Å²) in [6.45, 7) is 7.62. The van der Waals surface area contributed by atoms with Crippen LogP contribution < -0.4 is 10.2 Å². The maximum atomic E-state index is 13.9. The molecule has 9 heteroatoms. The van der Waals surface area contributed by atoms with Crippen LogP contribution in [0.5, 0.6) is 0 Å². The molecular weight excluding hydrogens is 404 g/mol. The van der Waals surface area contributed by atoms with Crippen molar-refractivity contribution < 1.29 is 18.3 Å². The highest BCUT2D eigenvalue weighted by atomic mass is 19.1. The third-order valence-corrected chi connectivity index (χ3v) is 5.06. The number of amides is 1. The van der Waals surface area contributed by atoms with Crippen molar-refractivity contribution in [1.29, 1.82) is 0 Å². The van der Waals surface area contributed by atoms with E-state index in [1.807, 2.05) is 32.7 Å². The number of aromatic nitrogens is 2. The molecule has 0 unspecified atom stereocenters. The van der Waals surface area contributed by atoms with Crippen LogP contribution in [-0.4, -0.2) is 53.2 Å². The number of hydrogen-bond donors (Lipinski definition) is 1. The molecule has 0 radical (unpaired) electrons. The zero-order valence-electron chi connectivity index (χ0n) is 18.4. The monoisotopic (exact) mass is 433 g/mol. The van der Waals surface area contributed by atoms with Crippen LogP contribution in [0.2, 0.25) is 0 Å². The molecule has 0 saturated carbocycles. The van der Waals surface area contributed by atoms with Crippen LogP contribution in [0.15, 0.2) is 30.6 Å². The van der Waals surface area contributed by atoms with E-state index in [-0.39, 0.29) is 11.8 Å². The number of nitrogens with zero attached hydrogens (tertiary/aromatic N) is 4. The molecule has 168 valence electrons. The number of benzene rings is 1. The maximum absolute atomic E-state index is 13.9. The molecule has 1 aromatic heterocycles.